The summed E-state index contributed by atoms with van der Waals surface area (Å²) >= 11 is 0. The smallest absolute Gasteiger partial charge is 0.304 e. The number of amides is 2. The van der Waals surface area contributed by atoms with Gasteiger partial charge in [-0.1, -0.05) is 67.4 Å². The summed E-state index contributed by atoms with van der Waals surface area (Å²) in [6.45, 7) is -0.716. The number of hydrogen-bond donors (Lipinski definition) is 1. The van der Waals surface area contributed by atoms with Crippen molar-refractivity contribution in [2.24, 2.45) is 0 Å². The van der Waals surface area contributed by atoms with Crippen molar-refractivity contribution in [3.05, 3.63) is 95.8 Å². The fourth-order valence-corrected chi connectivity index (χ4v) is 6.31. The molecule has 0 bridgehead atoms. The van der Waals surface area contributed by atoms with Gasteiger partial charge in [-0.3, -0.25) is 9.59 Å². The second-order valence-corrected chi connectivity index (χ2v) is 12.9. The Kier molecular flexibility index (Phi) is 10.8. The maximum Gasteiger partial charge on any atom is 0.304 e. The number of carbonyl (C=O) groups excluding carboxylic acids is 2. The van der Waals surface area contributed by atoms with Crippen molar-refractivity contribution < 1.29 is 27.1 Å². The molecule has 1 saturated carbocycles. The highest BCUT2D eigenvalue weighted by Crippen LogP contribution is 2.25. The third-order valence-corrected chi connectivity index (χ3v) is 9.41. The zero-order chi connectivity index (χ0) is 31.0. The molecular weight excluding hydrogens is 571 g/mol. The van der Waals surface area contributed by atoms with E-state index in [9.17, 15) is 22.4 Å². The van der Waals surface area contributed by atoms with Crippen LogP contribution < -0.4 is 14.4 Å². The second-order valence-electron chi connectivity index (χ2n) is 10.8. The van der Waals surface area contributed by atoms with E-state index >= 15 is 0 Å². The second kappa shape index (κ2) is 14.5. The van der Waals surface area contributed by atoms with Gasteiger partial charge in [-0.2, -0.15) is 12.7 Å². The molecule has 1 aliphatic rings. The van der Waals surface area contributed by atoms with Crippen LogP contribution in [0.2, 0.25) is 0 Å². The van der Waals surface area contributed by atoms with Crippen molar-refractivity contribution in [3.8, 4) is 5.75 Å². The lowest BCUT2D eigenvalue weighted by molar-refractivity contribution is -0.140. The largest absolute Gasteiger partial charge is 0.497 e. The first-order valence-electron chi connectivity index (χ1n) is 14.3. The molecule has 1 aliphatic carbocycles. The fourth-order valence-electron chi connectivity index (χ4n) is 5.24. The summed E-state index contributed by atoms with van der Waals surface area (Å²) in [6, 6.07) is 20.9. The van der Waals surface area contributed by atoms with Gasteiger partial charge < -0.3 is 15.0 Å². The minimum Gasteiger partial charge on any atom is -0.497 e. The molecule has 0 spiro atoms. The van der Waals surface area contributed by atoms with Crippen molar-refractivity contribution in [1.29, 1.82) is 0 Å². The van der Waals surface area contributed by atoms with Gasteiger partial charge in [0.2, 0.25) is 11.8 Å². The molecule has 0 aliphatic heterocycles. The minimum absolute atomic E-state index is 0.00125. The van der Waals surface area contributed by atoms with Crippen molar-refractivity contribution >= 4 is 27.7 Å². The number of methoxy groups -OCH3 is 1. The van der Waals surface area contributed by atoms with Gasteiger partial charge in [-0.15, -0.1) is 0 Å². The number of nitrogens with one attached hydrogen (secondary N) is 1. The van der Waals surface area contributed by atoms with E-state index in [0.717, 1.165) is 45.9 Å². The SMILES string of the molecule is COc1cccc(CN(C(=O)CN(c2ccccc2F)S(=O)(=O)N(C)C)C(Cc2ccccc2)C(=O)NC2CCCC2)c1. The van der Waals surface area contributed by atoms with Crippen molar-refractivity contribution in [2.45, 2.75) is 50.7 Å². The van der Waals surface area contributed by atoms with Gasteiger partial charge in [0, 0.05) is 33.1 Å². The molecule has 1 fully saturated rings. The number of halogens is 1. The summed E-state index contributed by atoms with van der Waals surface area (Å²) in [6.07, 6.45) is 3.95. The van der Waals surface area contributed by atoms with E-state index in [1.807, 2.05) is 36.4 Å². The monoisotopic (exact) mass is 610 g/mol. The average molecular weight is 611 g/mol. The summed E-state index contributed by atoms with van der Waals surface area (Å²) < 4.78 is 48.9. The Morgan fingerprint density at radius 1 is 0.953 bits per heavy atom. The summed E-state index contributed by atoms with van der Waals surface area (Å²) in [7, 11) is -0.127. The molecule has 0 aromatic heterocycles. The van der Waals surface area contributed by atoms with E-state index in [0.29, 0.717) is 11.3 Å². The van der Waals surface area contributed by atoms with Crippen molar-refractivity contribution in [1.82, 2.24) is 14.5 Å². The summed E-state index contributed by atoms with van der Waals surface area (Å²) in [5.74, 6) is -1.19. The Hall–Kier alpha value is -3.96. The lowest BCUT2D eigenvalue weighted by atomic mass is 10.0. The van der Waals surface area contributed by atoms with Gasteiger partial charge in [-0.05, 0) is 48.2 Å². The lowest BCUT2D eigenvalue weighted by Gasteiger charge is -2.35. The predicted octanol–water partition coefficient (Wildman–Crippen LogP) is 4.15. The van der Waals surface area contributed by atoms with Crippen molar-refractivity contribution in [2.75, 3.05) is 32.1 Å². The van der Waals surface area contributed by atoms with Gasteiger partial charge in [0.25, 0.3) is 0 Å². The molecule has 43 heavy (non-hydrogen) atoms. The number of para-hydroxylation sites is 1. The number of anilines is 1. The average Bonchev–Trinajstić information content (AvgIpc) is 3.51. The van der Waals surface area contributed by atoms with E-state index in [4.69, 9.17) is 4.74 Å². The molecule has 0 radical (unpaired) electrons. The number of rotatable bonds is 13. The van der Waals surface area contributed by atoms with E-state index in [1.54, 1.807) is 18.2 Å². The van der Waals surface area contributed by atoms with Crippen LogP contribution in [0.3, 0.4) is 0 Å². The maximum absolute atomic E-state index is 15.0. The van der Waals surface area contributed by atoms with Gasteiger partial charge >= 0.3 is 10.2 Å². The number of carbonyl (C=O) groups is 2. The summed E-state index contributed by atoms with van der Waals surface area (Å²) in [5.41, 5.74) is 1.26. The van der Waals surface area contributed by atoms with E-state index in [2.05, 4.69) is 5.32 Å². The molecule has 1 atom stereocenters. The Morgan fingerprint density at radius 2 is 1.60 bits per heavy atom. The zero-order valence-electron chi connectivity index (χ0n) is 24.8. The number of nitrogens with zero attached hydrogens (tertiary/aromatic N) is 3. The zero-order valence-corrected chi connectivity index (χ0v) is 25.6. The standard InChI is InChI=1S/C32H39FN4O5S/c1-35(2)43(40,41)37(29-19-10-9-18-28(29)33)23-31(38)36(22-25-14-11-17-27(20-25)42-3)30(21-24-12-5-4-6-13-24)32(39)34-26-15-7-8-16-26/h4-6,9-14,17-20,26,30H,7-8,15-16,21-23H2,1-3H3,(H,34,39). The molecule has 230 valence electrons. The molecule has 0 heterocycles. The van der Waals surface area contributed by atoms with Crippen molar-refractivity contribution in [3.63, 3.8) is 0 Å². The van der Waals surface area contributed by atoms with Crippen LogP contribution in [-0.2, 0) is 32.8 Å². The number of benzene rings is 3. The highest BCUT2D eigenvalue weighted by molar-refractivity contribution is 7.90. The molecular formula is C32H39FN4O5S. The fraction of sp³-hybridized carbons (Fsp3) is 0.375. The van der Waals surface area contributed by atoms with E-state index in [1.165, 1.54) is 44.3 Å². The first-order chi connectivity index (χ1) is 20.6. The van der Waals surface area contributed by atoms with Gasteiger partial charge in [0.15, 0.2) is 0 Å². The number of ether oxygens (including phenoxy) is 1. The third-order valence-electron chi connectivity index (χ3n) is 7.60. The number of hydrogen-bond acceptors (Lipinski definition) is 5. The molecule has 9 nitrogen and oxygen atoms in total. The van der Waals surface area contributed by atoms with Crippen LogP contribution >= 0.6 is 0 Å². The molecule has 11 heteroatoms. The third kappa shape index (κ3) is 8.11. The summed E-state index contributed by atoms with van der Waals surface area (Å²) in [5, 5.41) is 3.13. The molecule has 3 aromatic carbocycles. The van der Waals surface area contributed by atoms with Crippen LogP contribution in [0, 0.1) is 5.82 Å². The molecule has 1 N–H and O–H groups in total. The van der Waals surface area contributed by atoms with Crippen LogP contribution in [0.25, 0.3) is 0 Å². The van der Waals surface area contributed by atoms with Crippen LogP contribution in [-0.4, -0.2) is 69.3 Å². The first-order valence-corrected chi connectivity index (χ1v) is 15.7. The van der Waals surface area contributed by atoms with Crippen LogP contribution in [0.1, 0.15) is 36.8 Å². The molecule has 1 unspecified atom stereocenters. The quantitative estimate of drug-likeness (QED) is 0.314. The topological polar surface area (TPSA) is 99.3 Å². The molecule has 0 saturated heterocycles. The predicted molar refractivity (Wildman–Crippen MR) is 164 cm³/mol. The first kappa shape index (κ1) is 32.0. The highest BCUT2D eigenvalue weighted by Gasteiger charge is 2.36. The van der Waals surface area contributed by atoms with Crippen LogP contribution in [0.5, 0.6) is 5.75 Å². The molecule has 2 amide bonds. The van der Waals surface area contributed by atoms with E-state index < -0.39 is 34.5 Å². The van der Waals surface area contributed by atoms with Crippen LogP contribution in [0.4, 0.5) is 10.1 Å². The lowest BCUT2D eigenvalue weighted by Crippen LogP contribution is -2.55. The highest BCUT2D eigenvalue weighted by atomic mass is 32.2. The Bertz CT molecular complexity index is 1500. The Balaban J connectivity index is 1.77. The normalized spacial score (nSPS) is 14.3. The van der Waals surface area contributed by atoms with Gasteiger partial charge in [-0.25, -0.2) is 8.70 Å². The minimum atomic E-state index is -4.29. The van der Waals surface area contributed by atoms with Crippen LogP contribution in [0.15, 0.2) is 78.9 Å². The Morgan fingerprint density at radius 3 is 2.26 bits per heavy atom. The van der Waals surface area contributed by atoms with Gasteiger partial charge in [0.1, 0.15) is 24.2 Å². The Labute approximate surface area is 253 Å². The molecule has 3 aromatic rings. The van der Waals surface area contributed by atoms with E-state index in [-0.39, 0.29) is 30.6 Å². The van der Waals surface area contributed by atoms with Gasteiger partial charge in [0.05, 0.1) is 12.8 Å². The maximum atomic E-state index is 15.0. The summed E-state index contributed by atoms with van der Waals surface area (Å²) in [4.78, 5) is 29.6. The molecule has 4 rings (SSSR count).